The number of aliphatic hydroxyl groups excluding tert-OH is 1. The average molecular weight is 353 g/mol. The van der Waals surface area contributed by atoms with Gasteiger partial charge >= 0.3 is 0 Å². The lowest BCUT2D eigenvalue weighted by Crippen LogP contribution is -2.14. The van der Waals surface area contributed by atoms with Gasteiger partial charge in [0.15, 0.2) is 0 Å². The first-order chi connectivity index (χ1) is 8.77. The summed E-state index contributed by atoms with van der Waals surface area (Å²) in [6, 6.07) is 6.17. The highest BCUT2D eigenvalue weighted by atomic mass is 79.9. The summed E-state index contributed by atoms with van der Waals surface area (Å²) >= 11 is 3.51. The van der Waals surface area contributed by atoms with Crippen molar-refractivity contribution in [1.82, 2.24) is 5.32 Å². The van der Waals surface area contributed by atoms with E-state index in [1.165, 1.54) is 5.56 Å². The number of benzene rings is 1. The lowest BCUT2D eigenvalue weighted by Gasteiger charge is -2.09. The summed E-state index contributed by atoms with van der Waals surface area (Å²) in [5.74, 6) is 0.893. The molecule has 0 bridgehead atoms. The third-order valence-electron chi connectivity index (χ3n) is 2.64. The van der Waals surface area contributed by atoms with Crippen molar-refractivity contribution in [3.63, 3.8) is 0 Å². The van der Waals surface area contributed by atoms with Crippen LogP contribution in [0.15, 0.2) is 22.7 Å². The maximum atomic E-state index is 8.66. The Bertz CT molecular complexity index is 350. The normalized spacial score (nSPS) is 10.1. The van der Waals surface area contributed by atoms with Crippen LogP contribution in [0.5, 0.6) is 5.75 Å². The van der Waals surface area contributed by atoms with E-state index in [2.05, 4.69) is 33.4 Å². The largest absolute Gasteiger partial charge is 0.493 e. The van der Waals surface area contributed by atoms with Gasteiger partial charge in [0.25, 0.3) is 0 Å². The second-order valence-electron chi connectivity index (χ2n) is 4.16. The molecule has 0 saturated carbocycles. The molecule has 0 spiro atoms. The fourth-order valence-electron chi connectivity index (χ4n) is 1.70. The second-order valence-corrected chi connectivity index (χ2v) is 5.01. The summed E-state index contributed by atoms with van der Waals surface area (Å²) < 4.78 is 6.47. The summed E-state index contributed by atoms with van der Waals surface area (Å²) in [6.45, 7) is 4.82. The quantitative estimate of drug-likeness (QED) is 0.668. The van der Waals surface area contributed by atoms with E-state index >= 15 is 0 Å². The molecule has 5 heteroatoms. The number of halogens is 2. The number of unbranched alkanes of at least 4 members (excludes halogenated alkanes) is 2. The number of aliphatic hydroxyl groups is 1. The van der Waals surface area contributed by atoms with Gasteiger partial charge in [0, 0.05) is 13.2 Å². The number of ether oxygens (including phenoxy) is 1. The van der Waals surface area contributed by atoms with E-state index in [0.717, 1.165) is 42.6 Å². The molecule has 0 aliphatic heterocycles. The Morgan fingerprint density at radius 2 is 2.05 bits per heavy atom. The van der Waals surface area contributed by atoms with Crippen LogP contribution in [0, 0.1) is 0 Å². The highest BCUT2D eigenvalue weighted by Gasteiger charge is 2.01. The van der Waals surface area contributed by atoms with Crippen molar-refractivity contribution in [3.8, 4) is 5.75 Å². The first kappa shape index (κ1) is 18.7. The van der Waals surface area contributed by atoms with Crippen molar-refractivity contribution in [3.05, 3.63) is 28.2 Å². The highest BCUT2D eigenvalue weighted by molar-refractivity contribution is 9.10. The molecule has 0 amide bonds. The van der Waals surface area contributed by atoms with E-state index < -0.39 is 0 Å². The Balaban J connectivity index is 0.00000324. The average Bonchev–Trinajstić information content (AvgIpc) is 2.37. The molecule has 1 rings (SSSR count). The zero-order chi connectivity index (χ0) is 13.2. The van der Waals surface area contributed by atoms with Crippen LogP contribution < -0.4 is 10.1 Å². The van der Waals surface area contributed by atoms with Crippen molar-refractivity contribution in [2.75, 3.05) is 19.8 Å². The standard InChI is InChI=1S/C14H22BrNO2.ClH/c1-2-18-14-7-6-12(10-13(14)15)11-16-8-4-3-5-9-17;/h6-7,10,16-17H,2-5,8-9,11H2,1H3;1H. The van der Waals surface area contributed by atoms with Crippen molar-refractivity contribution >= 4 is 28.3 Å². The highest BCUT2D eigenvalue weighted by Crippen LogP contribution is 2.25. The molecule has 0 heterocycles. The van der Waals surface area contributed by atoms with E-state index in [9.17, 15) is 0 Å². The van der Waals surface area contributed by atoms with Gasteiger partial charge in [-0.2, -0.15) is 0 Å². The number of nitrogens with one attached hydrogen (secondary N) is 1. The van der Waals surface area contributed by atoms with Crippen molar-refractivity contribution in [1.29, 1.82) is 0 Å². The molecule has 0 unspecified atom stereocenters. The van der Waals surface area contributed by atoms with Crippen LogP contribution in [0.4, 0.5) is 0 Å². The van der Waals surface area contributed by atoms with E-state index in [0.29, 0.717) is 13.2 Å². The van der Waals surface area contributed by atoms with Crippen molar-refractivity contribution in [2.45, 2.75) is 32.7 Å². The molecule has 0 saturated heterocycles. The summed E-state index contributed by atoms with van der Waals surface area (Å²) in [7, 11) is 0. The Morgan fingerprint density at radius 1 is 1.26 bits per heavy atom. The van der Waals surface area contributed by atoms with Gasteiger partial charge in [-0.15, -0.1) is 12.4 Å². The summed E-state index contributed by atoms with van der Waals surface area (Å²) in [5, 5.41) is 12.1. The van der Waals surface area contributed by atoms with Crippen LogP contribution in [-0.2, 0) is 6.54 Å². The fraction of sp³-hybridized carbons (Fsp3) is 0.571. The SMILES string of the molecule is CCOc1ccc(CNCCCCCO)cc1Br.Cl. The molecule has 2 N–H and O–H groups in total. The maximum Gasteiger partial charge on any atom is 0.133 e. The molecular formula is C14H23BrClNO2. The Hall–Kier alpha value is -0.290. The Morgan fingerprint density at radius 3 is 2.68 bits per heavy atom. The third-order valence-corrected chi connectivity index (χ3v) is 3.26. The number of hydrogen-bond acceptors (Lipinski definition) is 3. The molecule has 0 atom stereocenters. The van der Waals surface area contributed by atoms with Gasteiger partial charge < -0.3 is 15.2 Å². The summed E-state index contributed by atoms with van der Waals surface area (Å²) in [6.07, 6.45) is 3.09. The smallest absolute Gasteiger partial charge is 0.133 e. The van der Waals surface area contributed by atoms with Crippen molar-refractivity contribution < 1.29 is 9.84 Å². The second kappa shape index (κ2) is 11.5. The van der Waals surface area contributed by atoms with E-state index in [-0.39, 0.29) is 12.4 Å². The monoisotopic (exact) mass is 351 g/mol. The summed E-state index contributed by atoms with van der Waals surface area (Å²) in [4.78, 5) is 0. The molecule has 0 aliphatic carbocycles. The Labute approximate surface area is 130 Å². The fourth-order valence-corrected chi connectivity index (χ4v) is 2.24. The molecule has 0 radical (unpaired) electrons. The van der Waals surface area contributed by atoms with Crippen LogP contribution in [0.3, 0.4) is 0 Å². The topological polar surface area (TPSA) is 41.5 Å². The lowest BCUT2D eigenvalue weighted by molar-refractivity contribution is 0.283. The van der Waals surface area contributed by atoms with Gasteiger partial charge in [-0.1, -0.05) is 6.07 Å². The lowest BCUT2D eigenvalue weighted by atomic mass is 10.2. The number of rotatable bonds is 9. The predicted molar refractivity (Wildman–Crippen MR) is 85.2 cm³/mol. The molecular weight excluding hydrogens is 330 g/mol. The number of hydrogen-bond donors (Lipinski definition) is 2. The van der Waals surface area contributed by atoms with E-state index in [1.54, 1.807) is 0 Å². The molecule has 0 aliphatic rings. The first-order valence-corrected chi connectivity index (χ1v) is 7.30. The van der Waals surface area contributed by atoms with Crippen LogP contribution >= 0.6 is 28.3 Å². The minimum atomic E-state index is 0. The third kappa shape index (κ3) is 7.78. The van der Waals surface area contributed by atoms with Crippen LogP contribution in [0.1, 0.15) is 31.7 Å². The van der Waals surface area contributed by atoms with E-state index in [1.807, 2.05) is 13.0 Å². The van der Waals surface area contributed by atoms with Gasteiger partial charge in [0.1, 0.15) is 5.75 Å². The van der Waals surface area contributed by atoms with Gasteiger partial charge in [0.05, 0.1) is 11.1 Å². The zero-order valence-corrected chi connectivity index (χ0v) is 13.7. The summed E-state index contributed by atoms with van der Waals surface area (Å²) in [5.41, 5.74) is 1.24. The molecule has 0 fully saturated rings. The van der Waals surface area contributed by atoms with Gasteiger partial charge in [-0.05, 0) is 66.4 Å². The molecule has 0 aromatic heterocycles. The Kier molecular flexibility index (Phi) is 11.4. The van der Waals surface area contributed by atoms with Gasteiger partial charge in [-0.25, -0.2) is 0 Å². The van der Waals surface area contributed by atoms with Crippen LogP contribution in [0.25, 0.3) is 0 Å². The minimum absolute atomic E-state index is 0. The predicted octanol–water partition coefficient (Wildman–Crippen LogP) is 3.52. The first-order valence-electron chi connectivity index (χ1n) is 6.50. The molecule has 110 valence electrons. The molecule has 1 aromatic carbocycles. The minimum Gasteiger partial charge on any atom is -0.493 e. The van der Waals surface area contributed by atoms with Crippen LogP contribution in [-0.4, -0.2) is 24.9 Å². The van der Waals surface area contributed by atoms with Crippen LogP contribution in [0.2, 0.25) is 0 Å². The zero-order valence-electron chi connectivity index (χ0n) is 11.3. The molecule has 1 aromatic rings. The van der Waals surface area contributed by atoms with Gasteiger partial charge in [0.2, 0.25) is 0 Å². The molecule has 19 heavy (non-hydrogen) atoms. The van der Waals surface area contributed by atoms with E-state index in [4.69, 9.17) is 9.84 Å². The van der Waals surface area contributed by atoms with Gasteiger partial charge in [-0.3, -0.25) is 0 Å². The molecule has 3 nitrogen and oxygen atoms in total. The van der Waals surface area contributed by atoms with Crippen molar-refractivity contribution in [2.24, 2.45) is 0 Å². The maximum absolute atomic E-state index is 8.66.